The minimum absolute atomic E-state index is 1.16. The second kappa shape index (κ2) is 8.81. The standard InChI is InChI=1S/3C7H7.C5H5.Zr/c3*1-7-5-3-2-4-6-7;1-2-4-5-3-1;/h3*2-6H,1H2;1-3H,4H2;. The molecule has 0 heterocycles. The molecule has 0 amide bonds. The van der Waals surface area contributed by atoms with Gasteiger partial charge in [-0.05, 0) is 0 Å². The number of rotatable bonds is 7. The van der Waals surface area contributed by atoms with Crippen LogP contribution in [0.3, 0.4) is 0 Å². The normalized spacial score (nSPS) is 13.6. The van der Waals surface area contributed by atoms with Crippen molar-refractivity contribution in [2.24, 2.45) is 0 Å². The van der Waals surface area contributed by atoms with Crippen LogP contribution in [0.15, 0.2) is 113 Å². The fourth-order valence-corrected chi connectivity index (χ4v) is 16.9. The van der Waals surface area contributed by atoms with E-state index in [0.29, 0.717) is 0 Å². The second-order valence-electron chi connectivity index (χ2n) is 7.59. The Hall–Kier alpha value is -1.98. The van der Waals surface area contributed by atoms with Crippen LogP contribution in [-0.2, 0) is 32.7 Å². The summed E-state index contributed by atoms with van der Waals surface area (Å²) >= 11 is -2.75. The molecule has 4 rings (SSSR count). The Bertz CT molecular complexity index is 807. The summed E-state index contributed by atoms with van der Waals surface area (Å²) in [6.45, 7) is 0. The van der Waals surface area contributed by atoms with E-state index in [1.165, 1.54) is 29.1 Å². The summed E-state index contributed by atoms with van der Waals surface area (Å²) in [7, 11) is 0. The molecule has 0 radical (unpaired) electrons. The fourth-order valence-electron chi connectivity index (χ4n) is 4.33. The Balaban J connectivity index is 1.76. The summed E-state index contributed by atoms with van der Waals surface area (Å²) in [5.74, 6) is 0. The quantitative estimate of drug-likeness (QED) is 0.398. The summed E-state index contributed by atoms with van der Waals surface area (Å²) in [5.41, 5.74) is 4.52. The van der Waals surface area contributed by atoms with Crippen LogP contribution in [0.25, 0.3) is 0 Å². The van der Waals surface area contributed by atoms with Crippen LogP contribution in [0, 0.1) is 0 Å². The Morgan fingerprint density at radius 3 is 1.30 bits per heavy atom. The van der Waals surface area contributed by atoms with Crippen molar-refractivity contribution in [3.8, 4) is 0 Å². The van der Waals surface area contributed by atoms with Crippen molar-refractivity contribution in [2.45, 2.75) is 18.8 Å². The zero-order valence-corrected chi connectivity index (χ0v) is 18.2. The van der Waals surface area contributed by atoms with Gasteiger partial charge >= 0.3 is 168 Å². The average molecular weight is 430 g/mol. The molecule has 1 aliphatic carbocycles. The van der Waals surface area contributed by atoms with Crippen LogP contribution < -0.4 is 0 Å². The fraction of sp³-hybridized carbons (Fsp3) is 0.154. The molecule has 1 heteroatoms. The van der Waals surface area contributed by atoms with Crippen molar-refractivity contribution in [2.75, 3.05) is 0 Å². The second-order valence-corrected chi connectivity index (χ2v) is 18.1. The third-order valence-corrected chi connectivity index (χ3v) is 17.9. The molecule has 0 aliphatic heterocycles. The van der Waals surface area contributed by atoms with Crippen LogP contribution in [0.4, 0.5) is 0 Å². The van der Waals surface area contributed by atoms with Crippen LogP contribution in [0.5, 0.6) is 0 Å². The van der Waals surface area contributed by atoms with Crippen LogP contribution in [-0.4, -0.2) is 0 Å². The van der Waals surface area contributed by atoms with Crippen molar-refractivity contribution in [1.29, 1.82) is 0 Å². The molecule has 1 aliphatic rings. The molecule has 27 heavy (non-hydrogen) atoms. The first-order valence-electron chi connectivity index (χ1n) is 9.82. The number of allylic oxidation sites excluding steroid dienone is 4. The Kier molecular flexibility index (Phi) is 6.00. The Morgan fingerprint density at radius 2 is 0.963 bits per heavy atom. The number of hydrogen-bond donors (Lipinski definition) is 0. The molecule has 0 N–H and O–H groups in total. The molecule has 3 aromatic carbocycles. The van der Waals surface area contributed by atoms with Gasteiger partial charge in [-0.15, -0.1) is 0 Å². The van der Waals surface area contributed by atoms with E-state index in [1.54, 1.807) is 3.28 Å². The molecule has 0 spiro atoms. The molecule has 134 valence electrons. The van der Waals surface area contributed by atoms with Crippen LogP contribution >= 0.6 is 0 Å². The molecule has 0 atom stereocenters. The van der Waals surface area contributed by atoms with Gasteiger partial charge in [0.15, 0.2) is 0 Å². The van der Waals surface area contributed by atoms with E-state index < -0.39 is 20.3 Å². The molecular formula is C26H26Zr. The first kappa shape index (κ1) is 18.4. The minimum atomic E-state index is -2.75. The van der Waals surface area contributed by atoms with Gasteiger partial charge in [0, 0.05) is 0 Å². The SMILES string of the molecule is C1=CC[C]([Zr]([CH2]c2ccccc2)([CH2]c2ccccc2)[CH2]c2ccccc2)=C1. The third-order valence-electron chi connectivity index (χ3n) is 5.61. The molecule has 0 bridgehead atoms. The zero-order valence-electron chi connectivity index (χ0n) is 15.7. The van der Waals surface area contributed by atoms with E-state index in [-0.39, 0.29) is 0 Å². The number of hydrogen-bond acceptors (Lipinski definition) is 0. The maximum absolute atomic E-state index is 2.75. The van der Waals surface area contributed by atoms with Crippen molar-refractivity contribution in [3.05, 3.63) is 129 Å². The van der Waals surface area contributed by atoms with Gasteiger partial charge in [0.05, 0.1) is 0 Å². The third kappa shape index (κ3) is 4.66. The van der Waals surface area contributed by atoms with Gasteiger partial charge in [-0.25, -0.2) is 0 Å². The first-order valence-corrected chi connectivity index (χ1v) is 16.3. The van der Waals surface area contributed by atoms with E-state index in [0.717, 1.165) is 6.42 Å². The molecule has 0 unspecified atom stereocenters. The van der Waals surface area contributed by atoms with Crippen molar-refractivity contribution in [1.82, 2.24) is 0 Å². The van der Waals surface area contributed by atoms with E-state index in [2.05, 4.69) is 109 Å². The Morgan fingerprint density at radius 1 is 0.556 bits per heavy atom. The summed E-state index contributed by atoms with van der Waals surface area (Å²) < 4.78 is 5.58. The summed E-state index contributed by atoms with van der Waals surface area (Å²) in [6, 6.07) is 33.5. The van der Waals surface area contributed by atoms with Gasteiger partial charge in [0.1, 0.15) is 0 Å². The maximum atomic E-state index is 2.45. The number of benzene rings is 3. The van der Waals surface area contributed by atoms with E-state index >= 15 is 0 Å². The van der Waals surface area contributed by atoms with Gasteiger partial charge in [-0.2, -0.15) is 0 Å². The average Bonchev–Trinajstić information content (AvgIpc) is 3.26. The van der Waals surface area contributed by atoms with E-state index in [4.69, 9.17) is 0 Å². The molecule has 0 saturated carbocycles. The van der Waals surface area contributed by atoms with Crippen molar-refractivity contribution < 1.29 is 20.3 Å². The van der Waals surface area contributed by atoms with Gasteiger partial charge < -0.3 is 0 Å². The van der Waals surface area contributed by atoms with Gasteiger partial charge in [-0.1, -0.05) is 0 Å². The summed E-state index contributed by atoms with van der Waals surface area (Å²) in [4.78, 5) is 0. The Labute approximate surface area is 167 Å². The predicted molar refractivity (Wildman–Crippen MR) is 112 cm³/mol. The van der Waals surface area contributed by atoms with Gasteiger partial charge in [0.2, 0.25) is 0 Å². The van der Waals surface area contributed by atoms with Gasteiger partial charge in [-0.3, -0.25) is 0 Å². The first-order chi connectivity index (χ1) is 13.3. The molecule has 3 aromatic rings. The zero-order chi connectivity index (χ0) is 18.4. The molecule has 0 fully saturated rings. The molecule has 0 aromatic heterocycles. The van der Waals surface area contributed by atoms with Crippen LogP contribution in [0.1, 0.15) is 23.1 Å². The monoisotopic (exact) mass is 428 g/mol. The van der Waals surface area contributed by atoms with Crippen molar-refractivity contribution in [3.63, 3.8) is 0 Å². The van der Waals surface area contributed by atoms with Gasteiger partial charge in [0.25, 0.3) is 0 Å². The molecule has 0 saturated heterocycles. The summed E-state index contributed by atoms with van der Waals surface area (Å²) in [5, 5.41) is 0. The van der Waals surface area contributed by atoms with E-state index in [9.17, 15) is 0 Å². The van der Waals surface area contributed by atoms with Crippen LogP contribution in [0.2, 0.25) is 0 Å². The molecular weight excluding hydrogens is 404 g/mol. The van der Waals surface area contributed by atoms with E-state index in [1.807, 2.05) is 0 Å². The van der Waals surface area contributed by atoms with Crippen molar-refractivity contribution >= 4 is 0 Å². The molecule has 0 nitrogen and oxygen atoms in total. The summed E-state index contributed by atoms with van der Waals surface area (Å²) in [6.07, 6.45) is 8.23. The topological polar surface area (TPSA) is 0 Å². The predicted octanol–water partition coefficient (Wildman–Crippen LogP) is 6.58.